The summed E-state index contributed by atoms with van der Waals surface area (Å²) >= 11 is 0. The zero-order chi connectivity index (χ0) is 10.8. The second-order valence-electron chi connectivity index (χ2n) is 3.75. The predicted octanol–water partition coefficient (Wildman–Crippen LogP) is 0.842. The molecule has 0 aromatic heterocycles. The summed E-state index contributed by atoms with van der Waals surface area (Å²) in [7, 11) is -3.14. The van der Waals surface area contributed by atoms with Gasteiger partial charge in [0.15, 0.2) is 9.84 Å². The van der Waals surface area contributed by atoms with Gasteiger partial charge in [0.05, 0.1) is 16.9 Å². The highest BCUT2D eigenvalue weighted by molar-refractivity contribution is 7.91. The fourth-order valence-electron chi connectivity index (χ4n) is 1.77. The Kier molecular flexibility index (Phi) is 2.99. The van der Waals surface area contributed by atoms with E-state index < -0.39 is 21.2 Å². The molecule has 1 atom stereocenters. The van der Waals surface area contributed by atoms with Crippen LogP contribution < -0.4 is 0 Å². The number of aliphatic carboxylic acids is 1. The van der Waals surface area contributed by atoms with Crippen molar-refractivity contribution < 1.29 is 18.3 Å². The molecule has 0 aromatic carbocycles. The van der Waals surface area contributed by atoms with E-state index in [2.05, 4.69) is 6.58 Å². The second-order valence-corrected chi connectivity index (χ2v) is 5.94. The maximum Gasteiger partial charge on any atom is 0.310 e. The number of hydrogen-bond donors (Lipinski definition) is 1. The fraction of sp³-hybridized carbons (Fsp3) is 0.667. The SMILES string of the molecule is C=CCCC1(C(=O)O)CCS(=O)(=O)C1. The number of allylic oxidation sites excluding steroid dienone is 1. The minimum absolute atomic E-state index is 0.00353. The lowest BCUT2D eigenvalue weighted by molar-refractivity contribution is -0.147. The van der Waals surface area contributed by atoms with Crippen LogP contribution in [0.15, 0.2) is 12.7 Å². The summed E-state index contributed by atoms with van der Waals surface area (Å²) in [5.74, 6) is -1.22. The molecular weight excluding hydrogens is 204 g/mol. The monoisotopic (exact) mass is 218 g/mol. The van der Waals surface area contributed by atoms with Gasteiger partial charge in [0, 0.05) is 0 Å². The highest BCUT2D eigenvalue weighted by atomic mass is 32.2. The zero-order valence-corrected chi connectivity index (χ0v) is 8.72. The lowest BCUT2D eigenvalue weighted by Crippen LogP contribution is -2.32. The lowest BCUT2D eigenvalue weighted by atomic mass is 9.83. The summed E-state index contributed by atoms with van der Waals surface area (Å²) in [6.45, 7) is 3.51. The first-order chi connectivity index (χ1) is 6.42. The van der Waals surface area contributed by atoms with Gasteiger partial charge in [-0.15, -0.1) is 6.58 Å². The van der Waals surface area contributed by atoms with Gasteiger partial charge in [0.2, 0.25) is 0 Å². The second kappa shape index (κ2) is 3.73. The van der Waals surface area contributed by atoms with Crippen molar-refractivity contribution in [2.45, 2.75) is 19.3 Å². The van der Waals surface area contributed by atoms with Gasteiger partial charge in [0.1, 0.15) is 0 Å². The van der Waals surface area contributed by atoms with E-state index in [0.29, 0.717) is 12.8 Å². The highest BCUT2D eigenvalue weighted by Gasteiger charge is 2.47. The predicted molar refractivity (Wildman–Crippen MR) is 52.8 cm³/mol. The molecule has 1 aliphatic heterocycles. The molecule has 0 radical (unpaired) electrons. The third-order valence-electron chi connectivity index (χ3n) is 2.67. The number of carbonyl (C=O) groups is 1. The van der Waals surface area contributed by atoms with Crippen LogP contribution in [0.2, 0.25) is 0 Å². The average molecular weight is 218 g/mol. The van der Waals surface area contributed by atoms with Gasteiger partial charge >= 0.3 is 5.97 Å². The van der Waals surface area contributed by atoms with Crippen molar-refractivity contribution in [3.05, 3.63) is 12.7 Å². The molecule has 4 nitrogen and oxygen atoms in total. The van der Waals surface area contributed by atoms with Gasteiger partial charge in [-0.1, -0.05) is 6.08 Å². The number of carboxylic acid groups (broad SMARTS) is 1. The van der Waals surface area contributed by atoms with Crippen LogP contribution in [-0.4, -0.2) is 31.0 Å². The van der Waals surface area contributed by atoms with Crippen LogP contribution in [0, 0.1) is 5.41 Å². The van der Waals surface area contributed by atoms with E-state index >= 15 is 0 Å². The molecule has 14 heavy (non-hydrogen) atoms. The van der Waals surface area contributed by atoms with Gasteiger partial charge in [-0.05, 0) is 19.3 Å². The molecule has 1 fully saturated rings. The zero-order valence-electron chi connectivity index (χ0n) is 7.90. The number of carboxylic acids is 1. The standard InChI is InChI=1S/C9H14O4S/c1-2-3-4-9(8(10)11)5-6-14(12,13)7-9/h2H,1,3-7H2,(H,10,11). The minimum atomic E-state index is -3.14. The summed E-state index contributed by atoms with van der Waals surface area (Å²) < 4.78 is 22.4. The third kappa shape index (κ3) is 2.15. The Morgan fingerprint density at radius 2 is 2.21 bits per heavy atom. The first-order valence-corrected chi connectivity index (χ1v) is 6.29. The molecule has 1 rings (SSSR count). The van der Waals surface area contributed by atoms with E-state index in [0.717, 1.165) is 0 Å². The molecule has 0 saturated carbocycles. The van der Waals surface area contributed by atoms with E-state index in [1.807, 2.05) is 0 Å². The quantitative estimate of drug-likeness (QED) is 0.710. The van der Waals surface area contributed by atoms with Crippen LogP contribution >= 0.6 is 0 Å². The molecule has 5 heteroatoms. The van der Waals surface area contributed by atoms with Gasteiger partial charge in [-0.25, -0.2) is 8.42 Å². The van der Waals surface area contributed by atoms with Crippen molar-refractivity contribution >= 4 is 15.8 Å². The van der Waals surface area contributed by atoms with Gasteiger partial charge in [-0.3, -0.25) is 4.79 Å². The summed E-state index contributed by atoms with van der Waals surface area (Å²) in [4.78, 5) is 11.0. The summed E-state index contributed by atoms with van der Waals surface area (Å²) in [5, 5.41) is 9.02. The van der Waals surface area contributed by atoms with Crippen LogP contribution in [0.5, 0.6) is 0 Å². The summed E-state index contributed by atoms with van der Waals surface area (Å²) in [6, 6.07) is 0. The van der Waals surface area contributed by atoms with E-state index in [9.17, 15) is 13.2 Å². The van der Waals surface area contributed by atoms with Crippen molar-refractivity contribution in [3.8, 4) is 0 Å². The Morgan fingerprint density at radius 1 is 1.57 bits per heavy atom. The summed E-state index contributed by atoms with van der Waals surface area (Å²) in [6.07, 6.45) is 2.76. The molecular formula is C9H14O4S. The average Bonchev–Trinajstić information content (AvgIpc) is 2.40. The Morgan fingerprint density at radius 3 is 2.57 bits per heavy atom. The molecule has 1 heterocycles. The smallest absolute Gasteiger partial charge is 0.310 e. The Labute approximate surface area is 83.5 Å². The van der Waals surface area contributed by atoms with Crippen molar-refractivity contribution in [2.24, 2.45) is 5.41 Å². The molecule has 0 bridgehead atoms. The Bertz CT molecular complexity index is 344. The van der Waals surface area contributed by atoms with Crippen LogP contribution in [0.25, 0.3) is 0 Å². The Hall–Kier alpha value is -0.840. The first-order valence-electron chi connectivity index (χ1n) is 4.47. The summed E-state index contributed by atoms with van der Waals surface area (Å²) in [5.41, 5.74) is -1.06. The van der Waals surface area contributed by atoms with Crippen molar-refractivity contribution in [1.29, 1.82) is 0 Å². The molecule has 1 aliphatic rings. The van der Waals surface area contributed by atoms with E-state index in [1.54, 1.807) is 6.08 Å². The molecule has 0 aromatic rings. The first kappa shape index (κ1) is 11.2. The van der Waals surface area contributed by atoms with Crippen molar-refractivity contribution in [1.82, 2.24) is 0 Å². The maximum atomic E-state index is 11.2. The Balaban J connectivity index is 2.85. The molecule has 1 unspecified atom stereocenters. The largest absolute Gasteiger partial charge is 0.481 e. The van der Waals surface area contributed by atoms with E-state index in [4.69, 9.17) is 5.11 Å². The minimum Gasteiger partial charge on any atom is -0.481 e. The van der Waals surface area contributed by atoms with Crippen molar-refractivity contribution in [3.63, 3.8) is 0 Å². The topological polar surface area (TPSA) is 71.4 Å². The van der Waals surface area contributed by atoms with Crippen LogP contribution in [0.4, 0.5) is 0 Å². The molecule has 0 aliphatic carbocycles. The molecule has 80 valence electrons. The lowest BCUT2D eigenvalue weighted by Gasteiger charge is -2.20. The molecule has 1 saturated heterocycles. The highest BCUT2D eigenvalue weighted by Crippen LogP contribution is 2.37. The van der Waals surface area contributed by atoms with Crippen LogP contribution in [0.3, 0.4) is 0 Å². The molecule has 0 spiro atoms. The number of rotatable bonds is 4. The van der Waals surface area contributed by atoms with Gasteiger partial charge < -0.3 is 5.11 Å². The molecule has 1 N–H and O–H groups in total. The van der Waals surface area contributed by atoms with Crippen LogP contribution in [-0.2, 0) is 14.6 Å². The normalized spacial score (nSPS) is 30.0. The maximum absolute atomic E-state index is 11.2. The van der Waals surface area contributed by atoms with Gasteiger partial charge in [-0.2, -0.15) is 0 Å². The fourth-order valence-corrected chi connectivity index (χ4v) is 3.87. The number of sulfone groups is 1. The van der Waals surface area contributed by atoms with Gasteiger partial charge in [0.25, 0.3) is 0 Å². The van der Waals surface area contributed by atoms with E-state index in [-0.39, 0.29) is 17.9 Å². The number of hydrogen-bond acceptors (Lipinski definition) is 3. The molecule has 0 amide bonds. The van der Waals surface area contributed by atoms with Crippen LogP contribution in [0.1, 0.15) is 19.3 Å². The van der Waals surface area contributed by atoms with Crippen molar-refractivity contribution in [2.75, 3.05) is 11.5 Å². The third-order valence-corrected chi connectivity index (χ3v) is 4.49. The van der Waals surface area contributed by atoms with E-state index in [1.165, 1.54) is 0 Å².